The zero-order valence-electron chi connectivity index (χ0n) is 12.9. The molecule has 9 nitrogen and oxygen atoms in total. The summed E-state index contributed by atoms with van der Waals surface area (Å²) in [6.45, 7) is 0.903. The van der Waals surface area contributed by atoms with Gasteiger partial charge in [-0.3, -0.25) is 9.59 Å². The number of methoxy groups -OCH3 is 2. The number of ether oxygens (including phenoxy) is 6. The van der Waals surface area contributed by atoms with Gasteiger partial charge < -0.3 is 33.5 Å². The van der Waals surface area contributed by atoms with E-state index in [1.54, 1.807) is 0 Å². The maximum absolute atomic E-state index is 11.3. The van der Waals surface area contributed by atoms with Gasteiger partial charge in [0.15, 0.2) is 13.6 Å². The number of esters is 2. The maximum Gasteiger partial charge on any atom is 0.310 e. The lowest BCUT2D eigenvalue weighted by Crippen LogP contribution is -2.22. The minimum Gasteiger partial charge on any atom is -0.438 e. The van der Waals surface area contributed by atoms with E-state index in [0.717, 1.165) is 0 Å². The Morgan fingerprint density at radius 1 is 0.818 bits per heavy atom. The number of hydrogen-bond donors (Lipinski definition) is 1. The van der Waals surface area contributed by atoms with Crippen LogP contribution in [0.25, 0.3) is 0 Å². The molecule has 0 radical (unpaired) electrons. The van der Waals surface area contributed by atoms with Crippen LogP contribution in [-0.2, 0) is 38.0 Å². The number of aliphatic hydroxyl groups excluding tert-OH is 1. The lowest BCUT2D eigenvalue weighted by Gasteiger charge is -2.10. The van der Waals surface area contributed by atoms with Crippen molar-refractivity contribution in [1.82, 2.24) is 0 Å². The fraction of sp³-hybridized carbons (Fsp3) is 0.846. The molecule has 0 spiro atoms. The summed E-state index contributed by atoms with van der Waals surface area (Å²) in [5.74, 6) is -1.34. The highest BCUT2D eigenvalue weighted by molar-refractivity contribution is 5.73. The molecule has 0 heterocycles. The van der Waals surface area contributed by atoms with Gasteiger partial charge in [0.05, 0.1) is 45.4 Å². The highest BCUT2D eigenvalue weighted by atomic mass is 16.7. The van der Waals surface area contributed by atoms with Gasteiger partial charge in [0.2, 0.25) is 0 Å². The van der Waals surface area contributed by atoms with Gasteiger partial charge in [-0.2, -0.15) is 0 Å². The first-order chi connectivity index (χ1) is 10.6. The van der Waals surface area contributed by atoms with E-state index in [1.807, 2.05) is 0 Å². The van der Waals surface area contributed by atoms with Gasteiger partial charge in [0.25, 0.3) is 0 Å². The fourth-order valence-corrected chi connectivity index (χ4v) is 1.19. The molecule has 0 aliphatic carbocycles. The highest BCUT2D eigenvalue weighted by Crippen LogP contribution is 2.02. The molecule has 0 rings (SSSR count). The first-order valence-corrected chi connectivity index (χ1v) is 6.72. The van der Waals surface area contributed by atoms with E-state index in [-0.39, 0.29) is 26.4 Å². The van der Waals surface area contributed by atoms with Crippen molar-refractivity contribution < 1.29 is 43.1 Å². The second-order valence-electron chi connectivity index (χ2n) is 4.13. The minimum absolute atomic E-state index is 0.229. The van der Waals surface area contributed by atoms with Crippen LogP contribution in [-0.4, -0.2) is 77.4 Å². The van der Waals surface area contributed by atoms with E-state index < -0.39 is 18.0 Å². The Balaban J connectivity index is 3.58. The van der Waals surface area contributed by atoms with Gasteiger partial charge in [-0.15, -0.1) is 0 Å². The van der Waals surface area contributed by atoms with Crippen LogP contribution in [0.15, 0.2) is 0 Å². The molecule has 0 atom stereocenters. The van der Waals surface area contributed by atoms with E-state index in [9.17, 15) is 14.7 Å². The zero-order valence-corrected chi connectivity index (χ0v) is 12.9. The Morgan fingerprint density at radius 2 is 1.23 bits per heavy atom. The SMILES string of the molecule is COCCOCOC(=O)CC(O)CC(=O)OCOCCOC. The van der Waals surface area contributed by atoms with Crippen molar-refractivity contribution in [2.45, 2.75) is 18.9 Å². The summed E-state index contributed by atoms with van der Waals surface area (Å²) in [5, 5.41) is 9.55. The lowest BCUT2D eigenvalue weighted by atomic mass is 10.2. The zero-order chi connectivity index (χ0) is 16.6. The molecule has 9 heteroatoms. The van der Waals surface area contributed by atoms with Crippen LogP contribution < -0.4 is 0 Å². The minimum atomic E-state index is -1.18. The van der Waals surface area contributed by atoms with Gasteiger partial charge in [-0.25, -0.2) is 0 Å². The molecule has 0 fully saturated rings. The Bertz CT molecular complexity index is 267. The van der Waals surface area contributed by atoms with E-state index in [4.69, 9.17) is 28.4 Å². The van der Waals surface area contributed by atoms with Crippen LogP contribution in [0.1, 0.15) is 12.8 Å². The molecule has 0 saturated carbocycles. The van der Waals surface area contributed by atoms with Crippen molar-refractivity contribution in [1.29, 1.82) is 0 Å². The summed E-state index contributed by atoms with van der Waals surface area (Å²) in [5.41, 5.74) is 0. The average Bonchev–Trinajstić information content (AvgIpc) is 2.46. The number of rotatable bonds is 14. The Labute approximate surface area is 129 Å². The van der Waals surface area contributed by atoms with E-state index in [1.165, 1.54) is 14.2 Å². The third-order valence-electron chi connectivity index (χ3n) is 2.27. The molecule has 0 saturated heterocycles. The van der Waals surface area contributed by atoms with Crippen molar-refractivity contribution in [3.8, 4) is 0 Å². The predicted octanol–water partition coefficient (Wildman–Crippen LogP) is -0.545. The molecule has 22 heavy (non-hydrogen) atoms. The molecular formula is C13H24O9. The second-order valence-corrected chi connectivity index (χ2v) is 4.13. The van der Waals surface area contributed by atoms with E-state index in [0.29, 0.717) is 26.4 Å². The summed E-state index contributed by atoms with van der Waals surface area (Å²) in [7, 11) is 3.04. The monoisotopic (exact) mass is 324 g/mol. The van der Waals surface area contributed by atoms with Crippen LogP contribution in [0.3, 0.4) is 0 Å². The van der Waals surface area contributed by atoms with E-state index >= 15 is 0 Å². The molecule has 0 aromatic rings. The van der Waals surface area contributed by atoms with Crippen LogP contribution in [0.4, 0.5) is 0 Å². The largest absolute Gasteiger partial charge is 0.438 e. The van der Waals surface area contributed by atoms with Crippen molar-refractivity contribution in [3.05, 3.63) is 0 Å². The highest BCUT2D eigenvalue weighted by Gasteiger charge is 2.17. The molecule has 0 aromatic heterocycles. The summed E-state index contributed by atoms with van der Waals surface area (Å²) < 4.78 is 28.7. The number of hydrogen-bond acceptors (Lipinski definition) is 9. The average molecular weight is 324 g/mol. The standard InChI is InChI=1S/C13H24O9/c1-17-3-5-19-9-21-12(15)7-11(14)8-13(16)22-10-20-6-4-18-2/h11,14H,3-10H2,1-2H3. The summed E-state index contributed by atoms with van der Waals surface area (Å²) in [6, 6.07) is 0. The Hall–Kier alpha value is -1.26. The summed E-state index contributed by atoms with van der Waals surface area (Å²) in [4.78, 5) is 22.6. The topological polar surface area (TPSA) is 110 Å². The van der Waals surface area contributed by atoms with Gasteiger partial charge in [0, 0.05) is 14.2 Å². The normalized spacial score (nSPS) is 10.7. The summed E-state index contributed by atoms with van der Waals surface area (Å²) in [6.07, 6.45) is -1.83. The smallest absolute Gasteiger partial charge is 0.310 e. The van der Waals surface area contributed by atoms with Crippen molar-refractivity contribution in [3.63, 3.8) is 0 Å². The van der Waals surface area contributed by atoms with Crippen molar-refractivity contribution in [2.24, 2.45) is 0 Å². The third-order valence-corrected chi connectivity index (χ3v) is 2.27. The molecule has 0 bridgehead atoms. The number of aliphatic hydroxyl groups is 1. The van der Waals surface area contributed by atoms with Crippen LogP contribution in [0.2, 0.25) is 0 Å². The molecule has 0 aliphatic rings. The quantitative estimate of drug-likeness (QED) is 0.256. The Kier molecular flexibility index (Phi) is 13.8. The first-order valence-electron chi connectivity index (χ1n) is 6.72. The molecule has 1 N–H and O–H groups in total. The lowest BCUT2D eigenvalue weighted by molar-refractivity contribution is -0.162. The van der Waals surface area contributed by atoms with Crippen LogP contribution in [0.5, 0.6) is 0 Å². The maximum atomic E-state index is 11.3. The molecule has 0 aliphatic heterocycles. The number of carbonyl (C=O) groups excluding carboxylic acids is 2. The van der Waals surface area contributed by atoms with Gasteiger partial charge in [-0.1, -0.05) is 0 Å². The van der Waals surface area contributed by atoms with E-state index in [2.05, 4.69) is 0 Å². The van der Waals surface area contributed by atoms with Crippen molar-refractivity contribution >= 4 is 11.9 Å². The molecule has 0 aromatic carbocycles. The molecule has 0 amide bonds. The fourth-order valence-electron chi connectivity index (χ4n) is 1.19. The first kappa shape index (κ1) is 20.7. The molecule has 130 valence electrons. The Morgan fingerprint density at radius 3 is 1.59 bits per heavy atom. The van der Waals surface area contributed by atoms with Crippen LogP contribution in [0, 0.1) is 0 Å². The summed E-state index contributed by atoms with van der Waals surface area (Å²) >= 11 is 0. The molecular weight excluding hydrogens is 300 g/mol. The molecule has 0 unspecified atom stereocenters. The van der Waals surface area contributed by atoms with Crippen LogP contribution >= 0.6 is 0 Å². The van der Waals surface area contributed by atoms with Crippen molar-refractivity contribution in [2.75, 3.05) is 54.2 Å². The van der Waals surface area contributed by atoms with Gasteiger partial charge in [0.1, 0.15) is 0 Å². The van der Waals surface area contributed by atoms with Gasteiger partial charge in [-0.05, 0) is 0 Å². The predicted molar refractivity (Wildman–Crippen MR) is 72.8 cm³/mol. The third kappa shape index (κ3) is 13.7. The van der Waals surface area contributed by atoms with Gasteiger partial charge >= 0.3 is 11.9 Å². The second kappa shape index (κ2) is 14.7. The number of carbonyl (C=O) groups is 2.